The number of rotatable bonds is 4. The van der Waals surface area contributed by atoms with E-state index in [0.29, 0.717) is 31.7 Å². The molecule has 4 rings (SSSR count). The summed E-state index contributed by atoms with van der Waals surface area (Å²) < 4.78 is 5.38. The molecule has 0 N–H and O–H groups in total. The van der Waals surface area contributed by atoms with Crippen LogP contribution in [0, 0.1) is 5.41 Å². The van der Waals surface area contributed by atoms with Crippen molar-refractivity contribution in [2.75, 3.05) is 57.4 Å². The average molecular weight is 412 g/mol. The Morgan fingerprint density at radius 1 is 0.967 bits per heavy atom. The van der Waals surface area contributed by atoms with Gasteiger partial charge in [-0.25, -0.2) is 4.79 Å². The Morgan fingerprint density at radius 2 is 1.63 bits per heavy atom. The van der Waals surface area contributed by atoms with Crippen molar-refractivity contribution >= 4 is 17.3 Å². The molecule has 1 aliphatic carbocycles. The van der Waals surface area contributed by atoms with E-state index in [1.807, 2.05) is 9.80 Å². The summed E-state index contributed by atoms with van der Waals surface area (Å²) in [7, 11) is 0. The second-order valence-corrected chi connectivity index (χ2v) is 9.01. The summed E-state index contributed by atoms with van der Waals surface area (Å²) in [5, 5.41) is 0. The number of para-hydroxylation sites is 1. The van der Waals surface area contributed by atoms with Crippen LogP contribution in [0.15, 0.2) is 30.3 Å². The number of amides is 2. The summed E-state index contributed by atoms with van der Waals surface area (Å²) in [6.07, 6.45) is 8.72. The third-order valence-electron chi connectivity index (χ3n) is 7.63. The number of hydrogen-bond acceptors (Lipinski definition) is 3. The zero-order valence-electron chi connectivity index (χ0n) is 18.7. The van der Waals surface area contributed by atoms with Crippen LogP contribution >= 0.6 is 0 Å². The molecule has 3 aliphatic rings. The minimum Gasteiger partial charge on any atom is -0.378 e. The van der Waals surface area contributed by atoms with Crippen LogP contribution in [0.3, 0.4) is 0 Å². The number of hydrogen-bond donors (Lipinski definition) is 0. The number of benzene rings is 1. The van der Waals surface area contributed by atoms with Crippen molar-refractivity contribution in [3.63, 3.8) is 0 Å². The van der Waals surface area contributed by atoms with E-state index in [2.05, 4.69) is 49.1 Å². The Hall–Kier alpha value is -2.01. The fraction of sp³-hybridized carbons (Fsp3) is 0.640. The normalized spacial score (nSPS) is 22.1. The number of anilines is 1. The van der Waals surface area contributed by atoms with Crippen LogP contribution in [0.4, 0.5) is 10.5 Å². The average Bonchev–Trinajstić information content (AvgIpc) is 2.84. The third kappa shape index (κ3) is 4.36. The van der Waals surface area contributed by atoms with E-state index in [-0.39, 0.29) is 6.03 Å². The van der Waals surface area contributed by atoms with Gasteiger partial charge in [0.05, 0.1) is 13.2 Å². The molecule has 164 valence electrons. The van der Waals surface area contributed by atoms with Gasteiger partial charge in [-0.15, -0.1) is 0 Å². The van der Waals surface area contributed by atoms with Gasteiger partial charge in [-0.2, -0.15) is 0 Å². The predicted molar refractivity (Wildman–Crippen MR) is 123 cm³/mol. The lowest BCUT2D eigenvalue weighted by atomic mass is 9.70. The van der Waals surface area contributed by atoms with Gasteiger partial charge in [0.1, 0.15) is 0 Å². The topological polar surface area (TPSA) is 36.0 Å². The number of nitrogens with zero attached hydrogens (tertiary/aromatic N) is 3. The van der Waals surface area contributed by atoms with Crippen molar-refractivity contribution in [1.29, 1.82) is 0 Å². The zero-order chi connectivity index (χ0) is 21.0. The number of allylic oxidation sites excluding steroid dienone is 2. The molecule has 0 unspecified atom stereocenters. The lowest BCUT2D eigenvalue weighted by molar-refractivity contribution is 0.0428. The molecule has 30 heavy (non-hydrogen) atoms. The van der Waals surface area contributed by atoms with Crippen LogP contribution in [0.25, 0.3) is 5.57 Å². The van der Waals surface area contributed by atoms with Gasteiger partial charge in [0.2, 0.25) is 0 Å². The predicted octanol–water partition coefficient (Wildman–Crippen LogP) is 4.63. The van der Waals surface area contributed by atoms with Crippen LogP contribution in [-0.2, 0) is 4.74 Å². The molecular weight excluding hydrogens is 374 g/mol. The van der Waals surface area contributed by atoms with Crippen LogP contribution in [-0.4, -0.2) is 68.3 Å². The number of ether oxygens (including phenoxy) is 1. The quantitative estimate of drug-likeness (QED) is 0.724. The van der Waals surface area contributed by atoms with Crippen molar-refractivity contribution in [3.05, 3.63) is 35.9 Å². The summed E-state index contributed by atoms with van der Waals surface area (Å²) in [5.41, 5.74) is 4.74. The lowest BCUT2D eigenvalue weighted by Crippen LogP contribution is -2.55. The summed E-state index contributed by atoms with van der Waals surface area (Å²) in [5.74, 6) is 0. The highest BCUT2D eigenvalue weighted by atomic mass is 16.5. The second kappa shape index (κ2) is 9.42. The minimum atomic E-state index is 0.177. The Labute approximate surface area is 181 Å². The molecule has 1 aromatic carbocycles. The standard InChI is InChI=1S/C25H37N3O2/c1-3-25(4-2)11-9-21(10-12-25)22-7-5-6-8-23(22)26-13-15-27(16-14-26)24(29)28-17-19-30-20-18-28/h5-9H,3-4,10-20H2,1-2H3. The molecule has 2 amide bonds. The van der Waals surface area contributed by atoms with Crippen molar-refractivity contribution in [2.24, 2.45) is 5.41 Å². The number of carbonyl (C=O) groups excluding carboxylic acids is 1. The first-order valence-corrected chi connectivity index (χ1v) is 11.8. The van der Waals surface area contributed by atoms with E-state index in [1.54, 1.807) is 0 Å². The molecule has 2 fully saturated rings. The fourth-order valence-electron chi connectivity index (χ4n) is 5.19. The molecule has 0 saturated carbocycles. The number of piperazine rings is 1. The van der Waals surface area contributed by atoms with Crippen molar-refractivity contribution < 1.29 is 9.53 Å². The SMILES string of the molecule is CCC1(CC)CC=C(c2ccccc2N2CCN(C(=O)N3CCOCC3)CC2)CC1. The maximum atomic E-state index is 12.8. The molecule has 5 nitrogen and oxygen atoms in total. The number of carbonyl (C=O) groups is 1. The highest BCUT2D eigenvalue weighted by Crippen LogP contribution is 2.44. The molecule has 0 aromatic heterocycles. The van der Waals surface area contributed by atoms with Gasteiger partial charge in [-0.1, -0.05) is 51.0 Å². The van der Waals surface area contributed by atoms with Gasteiger partial charge in [0.15, 0.2) is 0 Å². The van der Waals surface area contributed by atoms with E-state index < -0.39 is 0 Å². The molecule has 2 heterocycles. The summed E-state index contributed by atoms with van der Waals surface area (Å²) >= 11 is 0. The highest BCUT2D eigenvalue weighted by molar-refractivity contribution is 5.78. The van der Waals surface area contributed by atoms with Crippen molar-refractivity contribution in [3.8, 4) is 0 Å². The fourth-order valence-corrected chi connectivity index (χ4v) is 5.19. The first kappa shape index (κ1) is 21.2. The van der Waals surface area contributed by atoms with Crippen LogP contribution < -0.4 is 4.90 Å². The zero-order valence-corrected chi connectivity index (χ0v) is 18.7. The monoisotopic (exact) mass is 411 g/mol. The van der Waals surface area contributed by atoms with E-state index in [0.717, 1.165) is 26.2 Å². The minimum absolute atomic E-state index is 0.177. The molecule has 1 aromatic rings. The molecule has 0 spiro atoms. The molecule has 2 aliphatic heterocycles. The Morgan fingerprint density at radius 3 is 2.27 bits per heavy atom. The molecule has 0 atom stereocenters. The molecule has 0 bridgehead atoms. The van der Waals surface area contributed by atoms with E-state index >= 15 is 0 Å². The molecule has 0 radical (unpaired) electrons. The van der Waals surface area contributed by atoms with Gasteiger partial charge in [-0.3, -0.25) is 0 Å². The summed E-state index contributed by atoms with van der Waals surface area (Å²) in [6.45, 7) is 10.8. The lowest BCUT2D eigenvalue weighted by Gasteiger charge is -2.40. The smallest absolute Gasteiger partial charge is 0.320 e. The third-order valence-corrected chi connectivity index (χ3v) is 7.63. The largest absolute Gasteiger partial charge is 0.378 e. The van der Waals surface area contributed by atoms with Crippen LogP contribution in [0.2, 0.25) is 0 Å². The van der Waals surface area contributed by atoms with Crippen LogP contribution in [0.1, 0.15) is 51.5 Å². The Kier molecular flexibility index (Phi) is 6.67. The summed E-state index contributed by atoms with van der Waals surface area (Å²) in [4.78, 5) is 19.2. The van der Waals surface area contributed by atoms with Gasteiger partial charge in [0, 0.05) is 50.5 Å². The van der Waals surface area contributed by atoms with Gasteiger partial charge >= 0.3 is 6.03 Å². The Balaban J connectivity index is 1.43. The first-order valence-electron chi connectivity index (χ1n) is 11.8. The maximum absolute atomic E-state index is 12.8. The molecule has 5 heteroatoms. The van der Waals surface area contributed by atoms with Crippen molar-refractivity contribution in [2.45, 2.75) is 46.0 Å². The Bertz CT molecular complexity index is 757. The molecular formula is C25H37N3O2. The number of morpholine rings is 1. The van der Waals surface area contributed by atoms with Gasteiger partial charge in [-0.05, 0) is 36.3 Å². The van der Waals surface area contributed by atoms with Gasteiger partial charge < -0.3 is 19.4 Å². The van der Waals surface area contributed by atoms with E-state index in [9.17, 15) is 4.79 Å². The van der Waals surface area contributed by atoms with E-state index in [4.69, 9.17) is 4.74 Å². The maximum Gasteiger partial charge on any atom is 0.320 e. The van der Waals surface area contributed by atoms with E-state index in [1.165, 1.54) is 48.9 Å². The highest BCUT2D eigenvalue weighted by Gasteiger charge is 2.30. The second-order valence-electron chi connectivity index (χ2n) is 9.01. The first-order chi connectivity index (χ1) is 14.7. The molecule has 2 saturated heterocycles. The number of urea groups is 1. The van der Waals surface area contributed by atoms with Gasteiger partial charge in [0.25, 0.3) is 0 Å². The van der Waals surface area contributed by atoms with Crippen molar-refractivity contribution in [1.82, 2.24) is 9.80 Å². The summed E-state index contributed by atoms with van der Waals surface area (Å²) in [6, 6.07) is 9.04. The van der Waals surface area contributed by atoms with Crippen LogP contribution in [0.5, 0.6) is 0 Å².